The summed E-state index contributed by atoms with van der Waals surface area (Å²) in [5.41, 5.74) is 0. The lowest BCUT2D eigenvalue weighted by Gasteiger charge is -2.06. The monoisotopic (exact) mass is 223 g/mol. The van der Waals surface area contributed by atoms with Crippen LogP contribution in [0, 0.1) is 0 Å². The van der Waals surface area contributed by atoms with Gasteiger partial charge in [-0.1, -0.05) is 22.4 Å². The van der Waals surface area contributed by atoms with Crippen LogP contribution in [-0.2, 0) is 0 Å². The number of rotatable bonds is 4. The number of thioether (sulfide) groups is 1. The third-order valence-electron chi connectivity index (χ3n) is 1.64. The van der Waals surface area contributed by atoms with Crippen molar-refractivity contribution in [1.29, 1.82) is 0 Å². The minimum Gasteiger partial charge on any atom is -0.305 e. The molecule has 0 aromatic heterocycles. The van der Waals surface area contributed by atoms with Gasteiger partial charge in [-0.05, 0) is 12.8 Å². The van der Waals surface area contributed by atoms with Gasteiger partial charge in [0.1, 0.15) is 0 Å². The van der Waals surface area contributed by atoms with Crippen molar-refractivity contribution in [2.24, 2.45) is 0 Å². The van der Waals surface area contributed by atoms with Crippen LogP contribution >= 0.6 is 27.7 Å². The first-order valence-electron chi connectivity index (χ1n) is 3.84. The molecule has 0 amide bonds. The van der Waals surface area contributed by atoms with E-state index in [0.717, 1.165) is 10.7 Å². The van der Waals surface area contributed by atoms with Gasteiger partial charge < -0.3 is 5.32 Å². The Bertz CT molecular complexity index is 83.7. The molecule has 1 unspecified atom stereocenters. The van der Waals surface area contributed by atoms with Crippen molar-refractivity contribution in [2.75, 3.05) is 17.6 Å². The summed E-state index contributed by atoms with van der Waals surface area (Å²) in [6, 6.07) is 0. The molecule has 1 nitrogen and oxygen atoms in total. The number of alkyl halides is 1. The second-order valence-electron chi connectivity index (χ2n) is 2.50. The lowest BCUT2D eigenvalue weighted by atomic mass is 10.2. The van der Waals surface area contributed by atoms with Crippen LogP contribution in [-0.4, -0.2) is 23.0 Å². The van der Waals surface area contributed by atoms with Gasteiger partial charge in [0.05, 0.1) is 5.37 Å². The van der Waals surface area contributed by atoms with E-state index in [9.17, 15) is 0 Å². The Labute approximate surface area is 75.5 Å². The van der Waals surface area contributed by atoms with E-state index in [1.165, 1.54) is 31.6 Å². The molecule has 1 aliphatic rings. The van der Waals surface area contributed by atoms with Crippen LogP contribution in [0.4, 0.5) is 0 Å². The topological polar surface area (TPSA) is 12.0 Å². The molecule has 1 fully saturated rings. The maximum Gasteiger partial charge on any atom is 0.0532 e. The number of unbranched alkanes of at least 4 members (excludes halogenated alkanes) is 1. The van der Waals surface area contributed by atoms with Crippen LogP contribution < -0.4 is 5.32 Å². The molecule has 1 heterocycles. The molecule has 0 radical (unpaired) electrons. The Balaban J connectivity index is 1.91. The van der Waals surface area contributed by atoms with Crippen molar-refractivity contribution in [3.05, 3.63) is 0 Å². The fourth-order valence-corrected chi connectivity index (χ4v) is 2.58. The summed E-state index contributed by atoms with van der Waals surface area (Å²) in [5, 5.41) is 5.38. The number of nitrogens with one attached hydrogen (secondary N) is 1. The molecule has 3 heteroatoms. The zero-order valence-electron chi connectivity index (χ0n) is 6.11. The molecule has 0 bridgehead atoms. The number of hydrogen-bond acceptors (Lipinski definition) is 2. The fraction of sp³-hybridized carbons (Fsp3) is 1.00. The zero-order chi connectivity index (χ0) is 7.23. The predicted molar refractivity (Wildman–Crippen MR) is 51.9 cm³/mol. The van der Waals surface area contributed by atoms with Gasteiger partial charge in [-0.3, -0.25) is 0 Å². The Kier molecular flexibility index (Phi) is 4.83. The molecule has 10 heavy (non-hydrogen) atoms. The first-order chi connectivity index (χ1) is 4.93. The summed E-state index contributed by atoms with van der Waals surface area (Å²) >= 11 is 5.50. The summed E-state index contributed by atoms with van der Waals surface area (Å²) in [6.45, 7) is 1.21. The highest BCUT2D eigenvalue weighted by atomic mass is 79.9. The Hall–Kier alpha value is 0.790. The molecule has 0 spiro atoms. The van der Waals surface area contributed by atoms with Gasteiger partial charge in [0, 0.05) is 17.6 Å². The highest BCUT2D eigenvalue weighted by Gasteiger charge is 2.12. The molecule has 0 aromatic rings. The van der Waals surface area contributed by atoms with Crippen molar-refractivity contribution in [3.63, 3.8) is 0 Å². The quantitative estimate of drug-likeness (QED) is 0.580. The second-order valence-corrected chi connectivity index (χ2v) is 4.60. The van der Waals surface area contributed by atoms with Gasteiger partial charge in [-0.2, -0.15) is 0 Å². The summed E-state index contributed by atoms with van der Waals surface area (Å²) in [4.78, 5) is 0. The van der Waals surface area contributed by atoms with Gasteiger partial charge in [0.25, 0.3) is 0 Å². The number of hydrogen-bond donors (Lipinski definition) is 1. The Morgan fingerprint density at radius 3 is 3.00 bits per heavy atom. The SMILES string of the molecule is BrCCCCC1NCCS1. The van der Waals surface area contributed by atoms with E-state index in [1.807, 2.05) is 0 Å². The molecule has 1 aliphatic heterocycles. The van der Waals surface area contributed by atoms with E-state index in [1.54, 1.807) is 0 Å². The molecule has 0 saturated carbocycles. The summed E-state index contributed by atoms with van der Waals surface area (Å²) in [7, 11) is 0. The van der Waals surface area contributed by atoms with E-state index < -0.39 is 0 Å². The molecule has 0 aliphatic carbocycles. The first kappa shape index (κ1) is 8.88. The molecular formula is C7H14BrNS. The van der Waals surface area contributed by atoms with Crippen LogP contribution in [0.3, 0.4) is 0 Å². The first-order valence-corrected chi connectivity index (χ1v) is 6.01. The zero-order valence-corrected chi connectivity index (χ0v) is 8.51. The summed E-state index contributed by atoms with van der Waals surface area (Å²) in [6.07, 6.45) is 4.02. The number of halogens is 1. The van der Waals surface area contributed by atoms with Crippen molar-refractivity contribution in [1.82, 2.24) is 5.32 Å². The van der Waals surface area contributed by atoms with Crippen LogP contribution in [0.25, 0.3) is 0 Å². The van der Waals surface area contributed by atoms with Crippen LogP contribution in [0.15, 0.2) is 0 Å². The normalized spacial score (nSPS) is 25.5. The summed E-state index contributed by atoms with van der Waals surface area (Å²) < 4.78 is 0. The lowest BCUT2D eigenvalue weighted by molar-refractivity contribution is 0.622. The lowest BCUT2D eigenvalue weighted by Crippen LogP contribution is -2.19. The predicted octanol–water partition coefficient (Wildman–Crippen LogP) is 2.21. The maximum atomic E-state index is 3.46. The van der Waals surface area contributed by atoms with Crippen molar-refractivity contribution in [2.45, 2.75) is 24.6 Å². The van der Waals surface area contributed by atoms with E-state index >= 15 is 0 Å². The minimum absolute atomic E-state index is 0.763. The highest BCUT2D eigenvalue weighted by molar-refractivity contribution is 9.09. The van der Waals surface area contributed by atoms with Gasteiger partial charge in [0.2, 0.25) is 0 Å². The molecule has 1 saturated heterocycles. The largest absolute Gasteiger partial charge is 0.305 e. The van der Waals surface area contributed by atoms with Crippen molar-refractivity contribution >= 4 is 27.7 Å². The highest BCUT2D eigenvalue weighted by Crippen LogP contribution is 2.18. The standard InChI is InChI=1S/C7H14BrNS/c8-4-2-1-3-7-9-5-6-10-7/h7,9H,1-6H2. The third kappa shape index (κ3) is 3.26. The van der Waals surface area contributed by atoms with E-state index in [4.69, 9.17) is 0 Å². The molecule has 1 rings (SSSR count). The molecule has 0 aromatic carbocycles. The average Bonchev–Trinajstić information content (AvgIpc) is 2.41. The smallest absolute Gasteiger partial charge is 0.0532 e. The van der Waals surface area contributed by atoms with Gasteiger partial charge >= 0.3 is 0 Å². The van der Waals surface area contributed by atoms with Crippen molar-refractivity contribution in [3.8, 4) is 0 Å². The van der Waals surface area contributed by atoms with E-state index in [0.29, 0.717) is 0 Å². The maximum absolute atomic E-state index is 3.46. The van der Waals surface area contributed by atoms with Crippen LogP contribution in [0.2, 0.25) is 0 Å². The molecular weight excluding hydrogens is 210 g/mol. The Morgan fingerprint density at radius 1 is 1.50 bits per heavy atom. The third-order valence-corrected chi connectivity index (χ3v) is 3.45. The molecule has 1 N–H and O–H groups in total. The average molecular weight is 224 g/mol. The van der Waals surface area contributed by atoms with Gasteiger partial charge in [-0.25, -0.2) is 0 Å². The summed E-state index contributed by atoms with van der Waals surface area (Å²) in [5.74, 6) is 1.30. The molecule has 1 atom stereocenters. The van der Waals surface area contributed by atoms with Gasteiger partial charge in [0.15, 0.2) is 0 Å². The van der Waals surface area contributed by atoms with E-state index in [2.05, 4.69) is 33.0 Å². The second kappa shape index (κ2) is 5.44. The van der Waals surface area contributed by atoms with Crippen LogP contribution in [0.5, 0.6) is 0 Å². The minimum atomic E-state index is 0.763. The van der Waals surface area contributed by atoms with Gasteiger partial charge in [-0.15, -0.1) is 11.8 Å². The van der Waals surface area contributed by atoms with E-state index in [-0.39, 0.29) is 0 Å². The van der Waals surface area contributed by atoms with Crippen molar-refractivity contribution < 1.29 is 0 Å². The Morgan fingerprint density at radius 2 is 2.40 bits per heavy atom. The molecule has 60 valence electrons. The fourth-order valence-electron chi connectivity index (χ4n) is 1.09. The van der Waals surface area contributed by atoms with Crippen LogP contribution in [0.1, 0.15) is 19.3 Å².